The predicted octanol–water partition coefficient (Wildman–Crippen LogP) is 0.550. The van der Waals surface area contributed by atoms with Gasteiger partial charge in [0.2, 0.25) is 0 Å². The lowest BCUT2D eigenvalue weighted by molar-refractivity contribution is -0.142. The molecule has 116 valence electrons. The molecule has 0 radical (unpaired) electrons. The van der Waals surface area contributed by atoms with Gasteiger partial charge >= 0.3 is 12.0 Å². The van der Waals surface area contributed by atoms with Crippen LogP contribution in [0.25, 0.3) is 0 Å². The summed E-state index contributed by atoms with van der Waals surface area (Å²) < 4.78 is 1.91. The maximum Gasteiger partial charge on any atom is 0.317 e. The highest BCUT2D eigenvalue weighted by molar-refractivity contribution is 5.76. The highest BCUT2D eigenvalue weighted by Crippen LogP contribution is 2.12. The van der Waals surface area contributed by atoms with E-state index in [0.29, 0.717) is 26.1 Å². The molecule has 2 heterocycles. The standard InChI is InChI=1S/C13H21N5O3/c1-9(2)5-10(12(19)20)6-14-13(21)17-3-4-18-8-15-16-11(18)7-17/h8-10H,3-7H2,1-2H3,(H,14,21)(H,19,20). The highest BCUT2D eigenvalue weighted by atomic mass is 16.4. The lowest BCUT2D eigenvalue weighted by Crippen LogP contribution is -2.46. The number of hydrogen-bond donors (Lipinski definition) is 2. The van der Waals surface area contributed by atoms with E-state index in [-0.39, 0.29) is 18.5 Å². The van der Waals surface area contributed by atoms with Crippen LogP contribution in [0, 0.1) is 11.8 Å². The summed E-state index contributed by atoms with van der Waals surface area (Å²) in [6, 6.07) is -0.251. The molecule has 0 saturated carbocycles. The van der Waals surface area contributed by atoms with Gasteiger partial charge in [-0.05, 0) is 12.3 Å². The number of aliphatic carboxylic acids is 1. The molecule has 1 aliphatic heterocycles. The Labute approximate surface area is 123 Å². The summed E-state index contributed by atoms with van der Waals surface area (Å²) in [7, 11) is 0. The van der Waals surface area contributed by atoms with Crippen molar-refractivity contribution in [3.63, 3.8) is 0 Å². The fourth-order valence-electron chi connectivity index (χ4n) is 2.40. The summed E-state index contributed by atoms with van der Waals surface area (Å²) in [4.78, 5) is 24.9. The number of rotatable bonds is 5. The van der Waals surface area contributed by atoms with Crippen LogP contribution in [0.5, 0.6) is 0 Å². The highest BCUT2D eigenvalue weighted by Gasteiger charge is 2.24. The summed E-state index contributed by atoms with van der Waals surface area (Å²) in [6.45, 7) is 5.70. The summed E-state index contributed by atoms with van der Waals surface area (Å²) in [5.74, 6) is -0.408. The normalized spacial score (nSPS) is 15.7. The summed E-state index contributed by atoms with van der Waals surface area (Å²) in [5, 5.41) is 19.6. The molecule has 1 aromatic heterocycles. The average Bonchev–Trinajstić information content (AvgIpc) is 2.89. The zero-order valence-electron chi connectivity index (χ0n) is 12.3. The van der Waals surface area contributed by atoms with Gasteiger partial charge in [0.25, 0.3) is 0 Å². The molecule has 1 aromatic rings. The Bertz CT molecular complexity index is 514. The van der Waals surface area contributed by atoms with Gasteiger partial charge in [0, 0.05) is 19.6 Å². The Morgan fingerprint density at radius 3 is 2.86 bits per heavy atom. The second-order valence-electron chi connectivity index (χ2n) is 5.71. The largest absolute Gasteiger partial charge is 0.481 e. The molecule has 21 heavy (non-hydrogen) atoms. The first-order valence-corrected chi connectivity index (χ1v) is 7.09. The number of fused-ring (bicyclic) bond motifs is 1. The van der Waals surface area contributed by atoms with E-state index in [0.717, 1.165) is 5.82 Å². The molecule has 2 amide bonds. The number of amides is 2. The van der Waals surface area contributed by atoms with Gasteiger partial charge in [-0.15, -0.1) is 10.2 Å². The van der Waals surface area contributed by atoms with Crippen molar-refractivity contribution in [3.8, 4) is 0 Å². The molecule has 0 bridgehead atoms. The van der Waals surface area contributed by atoms with E-state index in [9.17, 15) is 9.59 Å². The van der Waals surface area contributed by atoms with Crippen molar-refractivity contribution in [2.75, 3.05) is 13.1 Å². The van der Waals surface area contributed by atoms with Crippen LogP contribution in [-0.4, -0.2) is 49.9 Å². The molecule has 8 nitrogen and oxygen atoms in total. The van der Waals surface area contributed by atoms with E-state index in [2.05, 4.69) is 15.5 Å². The van der Waals surface area contributed by atoms with Gasteiger partial charge in [0.15, 0.2) is 5.82 Å². The number of carboxylic acids is 1. The van der Waals surface area contributed by atoms with Crippen LogP contribution in [0.2, 0.25) is 0 Å². The molecule has 0 aliphatic carbocycles. The van der Waals surface area contributed by atoms with Crippen molar-refractivity contribution in [3.05, 3.63) is 12.2 Å². The number of hydrogen-bond acceptors (Lipinski definition) is 4. The minimum Gasteiger partial charge on any atom is -0.481 e. The van der Waals surface area contributed by atoms with E-state index in [1.807, 2.05) is 18.4 Å². The van der Waals surface area contributed by atoms with E-state index < -0.39 is 11.9 Å². The zero-order chi connectivity index (χ0) is 15.4. The van der Waals surface area contributed by atoms with Crippen molar-refractivity contribution in [2.45, 2.75) is 33.4 Å². The Morgan fingerprint density at radius 2 is 2.19 bits per heavy atom. The first-order valence-electron chi connectivity index (χ1n) is 7.09. The molecule has 0 fully saturated rings. The fourth-order valence-corrected chi connectivity index (χ4v) is 2.40. The van der Waals surface area contributed by atoms with Gasteiger partial charge in [0.1, 0.15) is 6.33 Å². The molecule has 1 aliphatic rings. The molecule has 0 aromatic carbocycles. The van der Waals surface area contributed by atoms with Crippen molar-refractivity contribution in [1.82, 2.24) is 25.0 Å². The number of nitrogens with one attached hydrogen (secondary N) is 1. The molecular formula is C13H21N5O3. The van der Waals surface area contributed by atoms with Crippen LogP contribution in [0.4, 0.5) is 4.79 Å². The number of nitrogens with zero attached hydrogens (tertiary/aromatic N) is 4. The van der Waals surface area contributed by atoms with Crippen molar-refractivity contribution >= 4 is 12.0 Å². The first kappa shape index (κ1) is 15.3. The Hall–Kier alpha value is -2.12. The fraction of sp³-hybridized carbons (Fsp3) is 0.692. The predicted molar refractivity (Wildman–Crippen MR) is 74.4 cm³/mol. The van der Waals surface area contributed by atoms with Gasteiger partial charge in [-0.2, -0.15) is 0 Å². The molecule has 1 atom stereocenters. The zero-order valence-corrected chi connectivity index (χ0v) is 12.3. The maximum atomic E-state index is 12.1. The lowest BCUT2D eigenvalue weighted by Gasteiger charge is -2.27. The van der Waals surface area contributed by atoms with Gasteiger partial charge in [-0.1, -0.05) is 13.8 Å². The van der Waals surface area contributed by atoms with E-state index >= 15 is 0 Å². The molecule has 2 N–H and O–H groups in total. The minimum atomic E-state index is -0.873. The van der Waals surface area contributed by atoms with Crippen molar-refractivity contribution in [2.24, 2.45) is 11.8 Å². The Kier molecular flexibility index (Phi) is 4.77. The third kappa shape index (κ3) is 3.93. The molecule has 8 heteroatoms. The van der Waals surface area contributed by atoms with Gasteiger partial charge in [-0.3, -0.25) is 4.79 Å². The Balaban J connectivity index is 1.86. The second kappa shape index (κ2) is 6.55. The number of carbonyl (C=O) groups excluding carboxylic acids is 1. The maximum absolute atomic E-state index is 12.1. The third-order valence-electron chi connectivity index (χ3n) is 3.53. The van der Waals surface area contributed by atoms with E-state index in [4.69, 9.17) is 5.11 Å². The molecule has 0 spiro atoms. The van der Waals surface area contributed by atoms with Gasteiger partial charge < -0.3 is 19.9 Å². The Morgan fingerprint density at radius 1 is 1.43 bits per heavy atom. The van der Waals surface area contributed by atoms with E-state index in [1.165, 1.54) is 0 Å². The summed E-state index contributed by atoms with van der Waals surface area (Å²) in [6.07, 6.45) is 2.19. The number of aromatic nitrogens is 3. The number of carbonyl (C=O) groups is 2. The van der Waals surface area contributed by atoms with Crippen LogP contribution < -0.4 is 5.32 Å². The number of urea groups is 1. The van der Waals surface area contributed by atoms with Crippen LogP contribution >= 0.6 is 0 Å². The molecule has 0 saturated heterocycles. The second-order valence-corrected chi connectivity index (χ2v) is 5.71. The molecular weight excluding hydrogens is 274 g/mol. The SMILES string of the molecule is CC(C)CC(CNC(=O)N1CCn2cnnc2C1)C(=O)O. The van der Waals surface area contributed by atoms with Gasteiger partial charge in [-0.25, -0.2) is 4.79 Å². The van der Waals surface area contributed by atoms with Crippen LogP contribution in [-0.2, 0) is 17.9 Å². The quantitative estimate of drug-likeness (QED) is 0.826. The van der Waals surface area contributed by atoms with Crippen LogP contribution in [0.3, 0.4) is 0 Å². The summed E-state index contributed by atoms with van der Waals surface area (Å²) >= 11 is 0. The number of carboxylic acid groups (broad SMARTS) is 1. The van der Waals surface area contributed by atoms with Crippen LogP contribution in [0.15, 0.2) is 6.33 Å². The first-order chi connectivity index (χ1) is 9.97. The van der Waals surface area contributed by atoms with Crippen LogP contribution in [0.1, 0.15) is 26.1 Å². The topological polar surface area (TPSA) is 100 Å². The van der Waals surface area contributed by atoms with E-state index in [1.54, 1.807) is 11.2 Å². The smallest absolute Gasteiger partial charge is 0.317 e. The minimum absolute atomic E-state index is 0.148. The summed E-state index contributed by atoms with van der Waals surface area (Å²) in [5.41, 5.74) is 0. The molecule has 1 unspecified atom stereocenters. The monoisotopic (exact) mass is 295 g/mol. The molecule has 2 rings (SSSR count). The average molecular weight is 295 g/mol. The van der Waals surface area contributed by atoms with Gasteiger partial charge in [0.05, 0.1) is 12.5 Å². The lowest BCUT2D eigenvalue weighted by atomic mass is 9.97. The van der Waals surface area contributed by atoms with Crippen molar-refractivity contribution < 1.29 is 14.7 Å². The third-order valence-corrected chi connectivity index (χ3v) is 3.53. The van der Waals surface area contributed by atoms with Crippen molar-refractivity contribution in [1.29, 1.82) is 0 Å².